The first-order valence-corrected chi connectivity index (χ1v) is 3.38. The average molecular weight is 142 g/mol. The van der Waals surface area contributed by atoms with E-state index < -0.39 is 0 Å². The molecule has 0 bridgehead atoms. The summed E-state index contributed by atoms with van der Waals surface area (Å²) in [5, 5.41) is 2.77. The van der Waals surface area contributed by atoms with Gasteiger partial charge in [-0.05, 0) is 6.42 Å². The smallest absolute Gasteiger partial charge is 0.246 e. The first kappa shape index (κ1) is 9.01. The van der Waals surface area contributed by atoms with Crippen molar-refractivity contribution in [3.8, 4) is 0 Å². The van der Waals surface area contributed by atoms with Crippen LogP contribution < -0.4 is 11.1 Å². The molecule has 0 aliphatic rings. The highest BCUT2D eigenvalue weighted by Gasteiger charge is 2.00. The molecule has 0 heterocycles. The minimum Gasteiger partial charge on any atom is -0.394 e. The second-order valence-electron chi connectivity index (χ2n) is 2.07. The van der Waals surface area contributed by atoms with Gasteiger partial charge >= 0.3 is 0 Å². The van der Waals surface area contributed by atoms with Crippen LogP contribution in [0.4, 0.5) is 0 Å². The van der Waals surface area contributed by atoms with Crippen LogP contribution in [0.25, 0.3) is 0 Å². The van der Waals surface area contributed by atoms with Crippen LogP contribution in [0.15, 0.2) is 11.8 Å². The largest absolute Gasteiger partial charge is 0.394 e. The molecule has 0 saturated carbocycles. The third kappa shape index (κ3) is 3.12. The Hall–Kier alpha value is -0.990. The molecule has 0 spiro atoms. The first-order chi connectivity index (χ1) is 4.72. The van der Waals surface area contributed by atoms with E-state index in [-0.39, 0.29) is 5.91 Å². The van der Waals surface area contributed by atoms with Gasteiger partial charge in [0.25, 0.3) is 0 Å². The maximum Gasteiger partial charge on any atom is 0.246 e. The third-order valence-electron chi connectivity index (χ3n) is 1.15. The van der Waals surface area contributed by atoms with Gasteiger partial charge in [-0.25, -0.2) is 0 Å². The third-order valence-corrected chi connectivity index (χ3v) is 1.15. The summed E-state index contributed by atoms with van der Waals surface area (Å²) in [6.07, 6.45) is 3.33. The highest BCUT2D eigenvalue weighted by molar-refractivity contribution is 5.91. The van der Waals surface area contributed by atoms with Gasteiger partial charge in [0.05, 0.1) is 0 Å². The van der Waals surface area contributed by atoms with E-state index in [1.165, 1.54) is 0 Å². The summed E-state index contributed by atoms with van der Waals surface area (Å²) in [7, 11) is 1.75. The maximum atomic E-state index is 10.6. The lowest BCUT2D eigenvalue weighted by atomic mass is 10.1. The molecule has 0 aromatic rings. The highest BCUT2D eigenvalue weighted by atomic mass is 16.1. The summed E-state index contributed by atoms with van der Waals surface area (Å²) < 4.78 is 0. The quantitative estimate of drug-likeness (QED) is 0.557. The lowest BCUT2D eigenvalue weighted by molar-refractivity contribution is -0.114. The number of carbonyl (C=O) groups is 1. The first-order valence-electron chi connectivity index (χ1n) is 3.38. The molecule has 1 amide bonds. The standard InChI is InChI=1S/C7H14N2O/c1-3-4-6(5-9-2)7(8)10/h5,9H,3-4H2,1-2H3,(H2,8,10). The van der Waals surface area contributed by atoms with Crippen LogP contribution >= 0.6 is 0 Å². The number of hydrogen-bond donors (Lipinski definition) is 2. The number of nitrogens with one attached hydrogen (secondary N) is 1. The summed E-state index contributed by atoms with van der Waals surface area (Å²) in [6.45, 7) is 2.01. The fourth-order valence-corrected chi connectivity index (χ4v) is 0.710. The molecule has 0 saturated heterocycles. The molecule has 0 aromatic heterocycles. The fourth-order valence-electron chi connectivity index (χ4n) is 0.710. The average Bonchev–Trinajstić information content (AvgIpc) is 1.87. The molecule has 58 valence electrons. The summed E-state index contributed by atoms with van der Waals surface area (Å²) in [6, 6.07) is 0. The van der Waals surface area contributed by atoms with E-state index in [2.05, 4.69) is 5.32 Å². The molecule has 3 heteroatoms. The van der Waals surface area contributed by atoms with Crippen molar-refractivity contribution >= 4 is 5.91 Å². The van der Waals surface area contributed by atoms with Crippen LogP contribution in [-0.4, -0.2) is 13.0 Å². The number of amides is 1. The van der Waals surface area contributed by atoms with Crippen LogP contribution in [0.1, 0.15) is 19.8 Å². The van der Waals surface area contributed by atoms with Gasteiger partial charge in [-0.15, -0.1) is 0 Å². The van der Waals surface area contributed by atoms with Crippen molar-refractivity contribution in [2.45, 2.75) is 19.8 Å². The Kier molecular flexibility index (Phi) is 4.37. The Morgan fingerprint density at radius 1 is 1.70 bits per heavy atom. The van der Waals surface area contributed by atoms with Gasteiger partial charge in [-0.1, -0.05) is 13.3 Å². The van der Waals surface area contributed by atoms with E-state index in [9.17, 15) is 4.79 Å². The number of hydrogen-bond acceptors (Lipinski definition) is 2. The molecule has 0 aliphatic carbocycles. The number of nitrogens with two attached hydrogens (primary N) is 1. The van der Waals surface area contributed by atoms with Gasteiger partial charge in [0, 0.05) is 18.8 Å². The van der Waals surface area contributed by atoms with Crippen molar-refractivity contribution in [3.63, 3.8) is 0 Å². The summed E-state index contributed by atoms with van der Waals surface area (Å²) in [4.78, 5) is 10.6. The zero-order chi connectivity index (χ0) is 7.98. The van der Waals surface area contributed by atoms with Crippen molar-refractivity contribution in [1.82, 2.24) is 5.32 Å². The second-order valence-corrected chi connectivity index (χ2v) is 2.07. The van der Waals surface area contributed by atoms with Crippen molar-refractivity contribution in [2.24, 2.45) is 5.73 Å². The van der Waals surface area contributed by atoms with E-state index in [1.54, 1.807) is 13.2 Å². The highest BCUT2D eigenvalue weighted by Crippen LogP contribution is 2.01. The summed E-state index contributed by atoms with van der Waals surface area (Å²) in [5.41, 5.74) is 5.72. The molecule has 0 fully saturated rings. The minimum atomic E-state index is -0.337. The Labute approximate surface area is 61.3 Å². The predicted octanol–water partition coefficient (Wildman–Crippen LogP) is 0.375. The molecular formula is C7H14N2O. The number of primary amides is 1. The molecule has 0 radical (unpaired) electrons. The van der Waals surface area contributed by atoms with E-state index in [0.717, 1.165) is 12.8 Å². The van der Waals surface area contributed by atoms with Crippen LogP contribution in [0.2, 0.25) is 0 Å². The lowest BCUT2D eigenvalue weighted by Crippen LogP contribution is -2.15. The Balaban J connectivity index is 3.98. The fraction of sp³-hybridized carbons (Fsp3) is 0.571. The van der Waals surface area contributed by atoms with Gasteiger partial charge in [0.15, 0.2) is 0 Å². The molecular weight excluding hydrogens is 128 g/mol. The van der Waals surface area contributed by atoms with Crippen molar-refractivity contribution in [3.05, 3.63) is 11.8 Å². The molecule has 0 rings (SSSR count). The molecule has 0 unspecified atom stereocenters. The van der Waals surface area contributed by atoms with Gasteiger partial charge in [-0.3, -0.25) is 4.79 Å². The van der Waals surface area contributed by atoms with E-state index in [1.807, 2.05) is 6.92 Å². The summed E-state index contributed by atoms with van der Waals surface area (Å²) in [5.74, 6) is -0.337. The lowest BCUT2D eigenvalue weighted by Gasteiger charge is -1.98. The predicted molar refractivity (Wildman–Crippen MR) is 41.2 cm³/mol. The zero-order valence-corrected chi connectivity index (χ0v) is 6.48. The van der Waals surface area contributed by atoms with E-state index in [4.69, 9.17) is 5.73 Å². The number of rotatable bonds is 4. The van der Waals surface area contributed by atoms with Crippen molar-refractivity contribution < 1.29 is 4.79 Å². The van der Waals surface area contributed by atoms with E-state index in [0.29, 0.717) is 5.57 Å². The van der Waals surface area contributed by atoms with E-state index >= 15 is 0 Å². The molecule has 0 aliphatic heterocycles. The van der Waals surface area contributed by atoms with Crippen LogP contribution in [0.5, 0.6) is 0 Å². The summed E-state index contributed by atoms with van der Waals surface area (Å²) >= 11 is 0. The molecule has 0 aromatic carbocycles. The minimum absolute atomic E-state index is 0.337. The van der Waals surface area contributed by atoms with Crippen LogP contribution in [-0.2, 0) is 4.79 Å². The molecule has 0 atom stereocenters. The monoisotopic (exact) mass is 142 g/mol. The van der Waals surface area contributed by atoms with Crippen LogP contribution in [0.3, 0.4) is 0 Å². The van der Waals surface area contributed by atoms with Crippen LogP contribution in [0, 0.1) is 0 Å². The maximum absolute atomic E-state index is 10.6. The van der Waals surface area contributed by atoms with Gasteiger partial charge in [-0.2, -0.15) is 0 Å². The Morgan fingerprint density at radius 2 is 2.30 bits per heavy atom. The number of carbonyl (C=O) groups excluding carboxylic acids is 1. The Morgan fingerprint density at radius 3 is 2.60 bits per heavy atom. The molecule has 3 N–H and O–H groups in total. The van der Waals surface area contributed by atoms with Crippen molar-refractivity contribution in [2.75, 3.05) is 7.05 Å². The molecule has 3 nitrogen and oxygen atoms in total. The Bertz CT molecular complexity index is 141. The van der Waals surface area contributed by atoms with Gasteiger partial charge in [0.1, 0.15) is 0 Å². The second kappa shape index (κ2) is 4.85. The van der Waals surface area contributed by atoms with Crippen molar-refractivity contribution in [1.29, 1.82) is 0 Å². The van der Waals surface area contributed by atoms with Gasteiger partial charge < -0.3 is 11.1 Å². The normalized spacial score (nSPS) is 11.2. The topological polar surface area (TPSA) is 55.1 Å². The van der Waals surface area contributed by atoms with Gasteiger partial charge in [0.2, 0.25) is 5.91 Å². The SMILES string of the molecule is CCCC(=CNC)C(N)=O. The zero-order valence-electron chi connectivity index (χ0n) is 6.48. The molecule has 10 heavy (non-hydrogen) atoms.